The lowest BCUT2D eigenvalue weighted by Gasteiger charge is -2.30. The number of carbonyl (C=O) groups is 2. The van der Waals surface area contributed by atoms with Gasteiger partial charge in [-0.2, -0.15) is 0 Å². The molecule has 3 rings (SSSR count). The van der Waals surface area contributed by atoms with E-state index in [0.29, 0.717) is 0 Å². The lowest BCUT2D eigenvalue weighted by atomic mass is 10.0. The van der Waals surface area contributed by atoms with Crippen molar-refractivity contribution in [2.24, 2.45) is 0 Å². The Kier molecular flexibility index (Phi) is 4.55. The van der Waals surface area contributed by atoms with Crippen LogP contribution < -0.4 is 21.5 Å². The van der Waals surface area contributed by atoms with Crippen LogP contribution in [0.3, 0.4) is 0 Å². The lowest BCUT2D eigenvalue weighted by molar-refractivity contribution is -0.120. The van der Waals surface area contributed by atoms with Crippen LogP contribution >= 0.6 is 0 Å². The Labute approximate surface area is 139 Å². The summed E-state index contributed by atoms with van der Waals surface area (Å²) in [4.78, 5) is 33.7. The second-order valence-electron chi connectivity index (χ2n) is 5.45. The largest absolute Gasteiger partial charge is 0.382 e. The molecule has 24 heavy (non-hydrogen) atoms. The first kappa shape index (κ1) is 15.7. The van der Waals surface area contributed by atoms with E-state index in [9.17, 15) is 9.59 Å². The molecule has 124 valence electrons. The minimum absolute atomic E-state index is 0.00852. The average molecular weight is 326 g/mol. The second kappa shape index (κ2) is 6.95. The van der Waals surface area contributed by atoms with Gasteiger partial charge in [0.2, 0.25) is 0 Å². The Morgan fingerprint density at radius 2 is 1.96 bits per heavy atom. The summed E-state index contributed by atoms with van der Waals surface area (Å²) >= 11 is 0. The van der Waals surface area contributed by atoms with Crippen molar-refractivity contribution in [3.8, 4) is 0 Å². The third-order valence-electron chi connectivity index (χ3n) is 3.80. The number of amides is 2. The highest BCUT2D eigenvalue weighted by Gasteiger charge is 2.19. The SMILES string of the molecule is Nc1nccnc1C(=O)NNC(=O)CN1CCCc2ccccc21. The summed E-state index contributed by atoms with van der Waals surface area (Å²) in [6.45, 7) is 0.961. The van der Waals surface area contributed by atoms with E-state index in [2.05, 4.69) is 26.9 Å². The van der Waals surface area contributed by atoms with Crippen molar-refractivity contribution in [3.63, 3.8) is 0 Å². The minimum atomic E-state index is -0.604. The number of nitrogens with one attached hydrogen (secondary N) is 2. The maximum Gasteiger partial charge on any atom is 0.292 e. The molecule has 2 aromatic rings. The highest BCUT2D eigenvalue weighted by Crippen LogP contribution is 2.26. The van der Waals surface area contributed by atoms with Gasteiger partial charge in [0.25, 0.3) is 11.8 Å². The number of anilines is 2. The number of fused-ring (bicyclic) bond motifs is 1. The van der Waals surface area contributed by atoms with E-state index in [4.69, 9.17) is 5.73 Å². The average Bonchev–Trinajstić information content (AvgIpc) is 2.60. The number of hydrogen-bond donors (Lipinski definition) is 3. The highest BCUT2D eigenvalue weighted by molar-refractivity contribution is 5.97. The number of hydrogen-bond acceptors (Lipinski definition) is 6. The first-order valence-electron chi connectivity index (χ1n) is 7.63. The number of hydrazine groups is 1. The van der Waals surface area contributed by atoms with Crippen LogP contribution in [0.25, 0.3) is 0 Å². The Morgan fingerprint density at radius 3 is 2.79 bits per heavy atom. The second-order valence-corrected chi connectivity index (χ2v) is 5.45. The van der Waals surface area contributed by atoms with Gasteiger partial charge in [0, 0.05) is 24.6 Å². The van der Waals surface area contributed by atoms with Gasteiger partial charge >= 0.3 is 0 Å². The number of nitrogens with two attached hydrogens (primary N) is 1. The molecule has 8 heteroatoms. The molecule has 0 saturated heterocycles. The van der Waals surface area contributed by atoms with E-state index in [1.807, 2.05) is 23.1 Å². The fourth-order valence-corrected chi connectivity index (χ4v) is 2.70. The van der Waals surface area contributed by atoms with Crippen molar-refractivity contribution >= 4 is 23.3 Å². The topological polar surface area (TPSA) is 113 Å². The molecule has 0 aliphatic carbocycles. The zero-order valence-corrected chi connectivity index (χ0v) is 13.0. The highest BCUT2D eigenvalue weighted by atomic mass is 16.2. The van der Waals surface area contributed by atoms with Gasteiger partial charge in [-0.25, -0.2) is 9.97 Å². The van der Waals surface area contributed by atoms with Gasteiger partial charge in [-0.15, -0.1) is 0 Å². The molecule has 0 unspecified atom stereocenters. The van der Waals surface area contributed by atoms with Crippen molar-refractivity contribution in [3.05, 3.63) is 47.9 Å². The Hall–Kier alpha value is -3.16. The predicted octanol–water partition coefficient (Wildman–Crippen LogP) is 0.273. The Morgan fingerprint density at radius 1 is 1.17 bits per heavy atom. The molecule has 1 aromatic carbocycles. The maximum atomic E-state index is 12.1. The van der Waals surface area contributed by atoms with Gasteiger partial charge in [0.15, 0.2) is 11.5 Å². The molecular formula is C16H18N6O2. The third kappa shape index (κ3) is 3.43. The molecule has 0 saturated carbocycles. The number of benzene rings is 1. The van der Waals surface area contributed by atoms with Crippen molar-refractivity contribution < 1.29 is 9.59 Å². The smallest absolute Gasteiger partial charge is 0.292 e. The van der Waals surface area contributed by atoms with Gasteiger partial charge in [0.05, 0.1) is 6.54 Å². The summed E-state index contributed by atoms with van der Waals surface area (Å²) in [5, 5.41) is 0. The van der Waals surface area contributed by atoms with Gasteiger partial charge in [-0.1, -0.05) is 18.2 Å². The van der Waals surface area contributed by atoms with Gasteiger partial charge in [-0.05, 0) is 24.5 Å². The first-order valence-corrected chi connectivity index (χ1v) is 7.63. The van der Waals surface area contributed by atoms with Crippen LogP contribution in [0.4, 0.5) is 11.5 Å². The van der Waals surface area contributed by atoms with E-state index >= 15 is 0 Å². The maximum absolute atomic E-state index is 12.1. The van der Waals surface area contributed by atoms with E-state index in [-0.39, 0.29) is 24.0 Å². The number of aryl methyl sites for hydroxylation is 1. The predicted molar refractivity (Wildman–Crippen MR) is 89.0 cm³/mol. The van der Waals surface area contributed by atoms with Gasteiger partial charge in [0.1, 0.15) is 0 Å². The molecule has 4 N–H and O–H groups in total. The molecule has 0 fully saturated rings. The molecule has 2 heterocycles. The lowest BCUT2D eigenvalue weighted by Crippen LogP contribution is -2.47. The number of nitrogens with zero attached hydrogens (tertiary/aromatic N) is 3. The van der Waals surface area contributed by atoms with Crippen molar-refractivity contribution in [1.82, 2.24) is 20.8 Å². The van der Waals surface area contributed by atoms with E-state index < -0.39 is 5.91 Å². The van der Waals surface area contributed by atoms with Crippen LogP contribution in [0.5, 0.6) is 0 Å². The summed E-state index contributed by atoms with van der Waals surface area (Å²) < 4.78 is 0. The zero-order valence-electron chi connectivity index (χ0n) is 13.0. The van der Waals surface area contributed by atoms with Crippen LogP contribution in [0.15, 0.2) is 36.7 Å². The summed E-state index contributed by atoms with van der Waals surface area (Å²) in [5.74, 6) is -0.912. The molecule has 1 aliphatic rings. The molecule has 1 aliphatic heterocycles. The molecule has 0 atom stereocenters. The molecule has 0 bridgehead atoms. The monoisotopic (exact) mass is 326 g/mol. The van der Waals surface area contributed by atoms with Crippen molar-refractivity contribution in [2.75, 3.05) is 23.7 Å². The minimum Gasteiger partial charge on any atom is -0.382 e. The molecule has 0 spiro atoms. The van der Waals surface area contributed by atoms with Gasteiger partial charge in [-0.3, -0.25) is 20.4 Å². The molecular weight excluding hydrogens is 308 g/mol. The van der Waals surface area contributed by atoms with E-state index in [0.717, 1.165) is 25.1 Å². The number of nitrogen functional groups attached to an aromatic ring is 1. The molecule has 1 aromatic heterocycles. The van der Waals surface area contributed by atoms with Crippen molar-refractivity contribution in [1.29, 1.82) is 0 Å². The fourth-order valence-electron chi connectivity index (χ4n) is 2.70. The molecule has 2 amide bonds. The Bertz CT molecular complexity index is 764. The third-order valence-corrected chi connectivity index (χ3v) is 3.80. The zero-order chi connectivity index (χ0) is 16.9. The van der Waals surface area contributed by atoms with Crippen LogP contribution in [0.1, 0.15) is 22.5 Å². The van der Waals surface area contributed by atoms with E-state index in [1.54, 1.807) is 0 Å². The number of para-hydroxylation sites is 1. The molecule has 0 radical (unpaired) electrons. The molecule has 8 nitrogen and oxygen atoms in total. The van der Waals surface area contributed by atoms with Crippen LogP contribution in [0, 0.1) is 0 Å². The Balaban J connectivity index is 1.57. The fraction of sp³-hybridized carbons (Fsp3) is 0.250. The standard InChI is InChI=1S/C16H18N6O2/c17-15-14(18-7-8-19-15)16(24)21-20-13(23)10-22-9-3-5-11-4-1-2-6-12(11)22/h1-2,4,6-8H,3,5,9-10H2,(H2,17,19)(H,20,23)(H,21,24). The number of carbonyl (C=O) groups excluding carboxylic acids is 2. The van der Waals surface area contributed by atoms with Crippen LogP contribution in [-0.2, 0) is 11.2 Å². The van der Waals surface area contributed by atoms with Crippen molar-refractivity contribution in [2.45, 2.75) is 12.8 Å². The van der Waals surface area contributed by atoms with Gasteiger partial charge < -0.3 is 10.6 Å². The van der Waals surface area contributed by atoms with Crippen LogP contribution in [-0.4, -0.2) is 34.9 Å². The van der Waals surface area contributed by atoms with E-state index in [1.165, 1.54) is 18.0 Å². The normalized spacial score (nSPS) is 13.1. The van der Waals surface area contributed by atoms with Crippen LogP contribution in [0.2, 0.25) is 0 Å². The number of aromatic nitrogens is 2. The summed E-state index contributed by atoms with van der Waals surface area (Å²) in [5.41, 5.74) is 12.5. The number of rotatable bonds is 3. The first-order chi connectivity index (χ1) is 11.6. The summed E-state index contributed by atoms with van der Waals surface area (Å²) in [6.07, 6.45) is 4.75. The quantitative estimate of drug-likeness (QED) is 0.698. The summed E-state index contributed by atoms with van der Waals surface area (Å²) in [7, 11) is 0. The summed E-state index contributed by atoms with van der Waals surface area (Å²) in [6, 6.07) is 8.01.